The number of hydrogen-bond donors (Lipinski definition) is 0. The van der Waals surface area contributed by atoms with E-state index in [0.717, 1.165) is 78.7 Å². The molecule has 0 spiro atoms. The van der Waals surface area contributed by atoms with Gasteiger partial charge in [0.15, 0.2) is 0 Å². The zero-order valence-corrected chi connectivity index (χ0v) is 46.8. The molecule has 0 aliphatic carbocycles. The Morgan fingerprint density at radius 3 is 1.08 bits per heavy atom. The third-order valence-electron chi connectivity index (χ3n) is 16.6. The Bertz CT molecular complexity index is 4820. The second-order valence-corrected chi connectivity index (χ2v) is 21.6. The average Bonchev–Trinajstić information content (AvgIpc) is 3.13. The molecule has 1 aromatic heterocycles. The molecule has 0 aliphatic heterocycles. The van der Waals surface area contributed by atoms with Crippen LogP contribution in [-0.2, 0) is 0 Å². The van der Waals surface area contributed by atoms with E-state index in [1.54, 1.807) is 0 Å². The van der Waals surface area contributed by atoms with Crippen molar-refractivity contribution in [3.63, 3.8) is 0 Å². The highest BCUT2D eigenvalue weighted by atomic mass is 15.1. The van der Waals surface area contributed by atoms with Crippen LogP contribution in [0.15, 0.2) is 346 Å². The van der Waals surface area contributed by atoms with Gasteiger partial charge in [-0.05, 0) is 181 Å². The summed E-state index contributed by atoms with van der Waals surface area (Å²) in [4.78, 5) is 4.73. The Balaban J connectivity index is 0.812. The number of nitrogens with zero attached hydrogens (tertiary/aromatic N) is 3. The van der Waals surface area contributed by atoms with E-state index in [1.807, 2.05) is 0 Å². The van der Waals surface area contributed by atoms with Crippen LogP contribution in [0.5, 0.6) is 0 Å². The largest absolute Gasteiger partial charge is 0.311 e. The minimum atomic E-state index is 1.07. The van der Waals surface area contributed by atoms with Gasteiger partial charge >= 0.3 is 0 Å². The first-order chi connectivity index (χ1) is 42.2. The zero-order valence-electron chi connectivity index (χ0n) is 46.8. The van der Waals surface area contributed by atoms with E-state index in [2.05, 4.69) is 360 Å². The van der Waals surface area contributed by atoms with Crippen LogP contribution >= 0.6 is 0 Å². The summed E-state index contributed by atoms with van der Waals surface area (Å²) in [5.41, 5.74) is 24.0. The Hall–Kier alpha value is -11.3. The molecule has 14 aromatic carbocycles. The second kappa shape index (κ2) is 22.2. The Morgan fingerprint density at radius 1 is 0.188 bits per heavy atom. The van der Waals surface area contributed by atoms with E-state index in [0.29, 0.717) is 0 Å². The van der Waals surface area contributed by atoms with Crippen LogP contribution < -0.4 is 9.80 Å². The van der Waals surface area contributed by atoms with Crippen molar-refractivity contribution in [3.05, 3.63) is 346 Å². The molecule has 0 saturated carbocycles. The average molecular weight is 1080 g/mol. The van der Waals surface area contributed by atoms with Gasteiger partial charge in [0, 0.05) is 50.6 Å². The number of hydrogen-bond acceptors (Lipinski definition) is 2. The molecule has 0 N–H and O–H groups in total. The van der Waals surface area contributed by atoms with Crippen LogP contribution in [0, 0.1) is 0 Å². The molecule has 0 fully saturated rings. The maximum Gasteiger partial charge on any atom is 0.0561 e. The van der Waals surface area contributed by atoms with Crippen molar-refractivity contribution in [1.29, 1.82) is 0 Å². The monoisotopic (exact) mass is 1080 g/mol. The molecular weight excluding hydrogens is 1030 g/mol. The Morgan fingerprint density at radius 2 is 0.541 bits per heavy atom. The molecule has 15 rings (SSSR count). The number of rotatable bonds is 13. The molecule has 3 nitrogen and oxygen atoms in total. The van der Waals surface area contributed by atoms with Crippen LogP contribution in [0.4, 0.5) is 34.1 Å². The van der Waals surface area contributed by atoms with Gasteiger partial charge in [-0.25, -0.2) is 0 Å². The molecule has 15 aromatic rings. The van der Waals surface area contributed by atoms with Gasteiger partial charge in [-0.1, -0.05) is 243 Å². The fraction of sp³-hybridized carbons (Fsp3) is 0. The maximum atomic E-state index is 2.41. The lowest BCUT2D eigenvalue weighted by Crippen LogP contribution is -2.10. The zero-order chi connectivity index (χ0) is 56.5. The molecule has 0 radical (unpaired) electrons. The third-order valence-corrected chi connectivity index (χ3v) is 16.6. The smallest absolute Gasteiger partial charge is 0.0561 e. The lowest BCUT2D eigenvalue weighted by molar-refractivity contribution is 1.18. The summed E-state index contributed by atoms with van der Waals surface area (Å²) in [5.74, 6) is 0. The van der Waals surface area contributed by atoms with Gasteiger partial charge in [-0.2, -0.15) is 0 Å². The van der Waals surface area contributed by atoms with Crippen molar-refractivity contribution < 1.29 is 0 Å². The molecule has 0 saturated heterocycles. The van der Waals surface area contributed by atoms with Crippen LogP contribution in [0.1, 0.15) is 0 Å². The quantitative estimate of drug-likeness (QED) is 0.114. The maximum absolute atomic E-state index is 2.41. The number of fused-ring (bicyclic) bond motifs is 4. The summed E-state index contributed by atoms with van der Waals surface area (Å²) >= 11 is 0. The lowest BCUT2D eigenvalue weighted by atomic mass is 9.85. The Labute approximate surface area is 496 Å². The van der Waals surface area contributed by atoms with Crippen LogP contribution in [0.25, 0.3) is 105 Å². The van der Waals surface area contributed by atoms with Crippen molar-refractivity contribution in [2.45, 2.75) is 0 Å². The van der Waals surface area contributed by atoms with Crippen LogP contribution in [0.3, 0.4) is 0 Å². The second-order valence-electron chi connectivity index (χ2n) is 21.6. The molecule has 0 atom stereocenters. The molecule has 400 valence electrons. The first-order valence-corrected chi connectivity index (χ1v) is 29.1. The fourth-order valence-electron chi connectivity index (χ4n) is 12.6. The summed E-state index contributed by atoms with van der Waals surface area (Å²) in [6, 6.07) is 126. The number of benzene rings is 14. The van der Waals surface area contributed by atoms with E-state index < -0.39 is 0 Å². The van der Waals surface area contributed by atoms with Crippen molar-refractivity contribution in [2.24, 2.45) is 0 Å². The van der Waals surface area contributed by atoms with E-state index in [4.69, 9.17) is 0 Å². The first kappa shape index (κ1) is 50.7. The third kappa shape index (κ3) is 9.60. The highest BCUT2D eigenvalue weighted by molar-refractivity contribution is 6.10. The van der Waals surface area contributed by atoms with Crippen molar-refractivity contribution in [3.8, 4) is 72.4 Å². The molecule has 0 bridgehead atoms. The minimum Gasteiger partial charge on any atom is -0.311 e. The van der Waals surface area contributed by atoms with E-state index >= 15 is 0 Å². The van der Waals surface area contributed by atoms with Crippen molar-refractivity contribution in [2.75, 3.05) is 9.80 Å². The van der Waals surface area contributed by atoms with Crippen LogP contribution in [0.2, 0.25) is 0 Å². The van der Waals surface area contributed by atoms with Gasteiger partial charge in [0.2, 0.25) is 0 Å². The molecule has 0 amide bonds. The summed E-state index contributed by atoms with van der Waals surface area (Å²) in [5, 5.41) is 4.95. The normalized spacial score (nSPS) is 11.3. The number of para-hydroxylation sites is 4. The standard InChI is InChI=1S/C82H57N3/c1-6-23-59(24-7-1)77-57-80(63-45-51-69(52-46-63)84(65-31-12-4-13-32-65)70-53-54-76-75-38-20-21-40-81(75)85(82(76)55-70)66-33-14-5-15-34-66)78(60-25-8-2-9-26-60)56-79(77)62-43-49-68(50-44-62)83(64-29-10-3-11-30-64)67-47-41-61(42-48-67)72-36-18-19-37-73(72)74-39-22-28-58-27-16-17-35-71(58)74/h1-57H. The van der Waals surface area contributed by atoms with Gasteiger partial charge in [-0.3, -0.25) is 0 Å². The topological polar surface area (TPSA) is 11.4 Å². The van der Waals surface area contributed by atoms with Crippen LogP contribution in [-0.4, -0.2) is 4.57 Å². The molecule has 0 unspecified atom stereocenters. The van der Waals surface area contributed by atoms with Gasteiger partial charge < -0.3 is 14.4 Å². The summed E-state index contributed by atoms with van der Waals surface area (Å²) in [7, 11) is 0. The van der Waals surface area contributed by atoms with E-state index in [1.165, 1.54) is 60.4 Å². The van der Waals surface area contributed by atoms with Gasteiger partial charge in [0.1, 0.15) is 0 Å². The van der Waals surface area contributed by atoms with Gasteiger partial charge in [0.25, 0.3) is 0 Å². The highest BCUT2D eigenvalue weighted by Crippen LogP contribution is 2.46. The van der Waals surface area contributed by atoms with Crippen molar-refractivity contribution in [1.82, 2.24) is 4.57 Å². The summed E-state index contributed by atoms with van der Waals surface area (Å²) < 4.78 is 2.39. The number of anilines is 6. The van der Waals surface area contributed by atoms with E-state index in [-0.39, 0.29) is 0 Å². The minimum absolute atomic E-state index is 1.07. The lowest BCUT2D eigenvalue weighted by Gasteiger charge is -2.26. The molecule has 1 heterocycles. The van der Waals surface area contributed by atoms with Crippen molar-refractivity contribution >= 4 is 66.7 Å². The summed E-state index contributed by atoms with van der Waals surface area (Å²) in [6.07, 6.45) is 0. The SMILES string of the molecule is c1ccc(-c2cc(-c3ccc(N(c4ccccc4)c4ccc5c6ccccc6n(-c6ccccc6)c5c4)cc3)c(-c3ccccc3)cc2-c2ccc(N(c3ccccc3)c3ccc(-c4ccccc4-c4cccc5ccccc45)cc3)cc2)cc1. The van der Waals surface area contributed by atoms with E-state index in [9.17, 15) is 0 Å². The highest BCUT2D eigenvalue weighted by Gasteiger charge is 2.22. The first-order valence-electron chi connectivity index (χ1n) is 29.1. The molecule has 0 aliphatic rings. The number of aromatic nitrogens is 1. The predicted molar refractivity (Wildman–Crippen MR) is 360 cm³/mol. The molecule has 3 heteroatoms. The molecular formula is C82H57N3. The van der Waals surface area contributed by atoms with Gasteiger partial charge in [0.05, 0.1) is 11.0 Å². The van der Waals surface area contributed by atoms with Gasteiger partial charge in [-0.15, -0.1) is 0 Å². The Kier molecular flexibility index (Phi) is 13.3. The summed E-state index contributed by atoms with van der Waals surface area (Å²) in [6.45, 7) is 0. The fourth-order valence-corrected chi connectivity index (χ4v) is 12.6. The predicted octanol–water partition coefficient (Wildman–Crippen LogP) is 22.9. The molecule has 85 heavy (non-hydrogen) atoms.